The first-order valence-electron chi connectivity index (χ1n) is 7.62. The van der Waals surface area contributed by atoms with E-state index in [1.165, 1.54) is 6.26 Å². The van der Waals surface area contributed by atoms with Crippen LogP contribution in [0.4, 0.5) is 0 Å². The summed E-state index contributed by atoms with van der Waals surface area (Å²) in [4.78, 5) is 15.7. The molecule has 0 bridgehead atoms. The second-order valence-electron chi connectivity index (χ2n) is 4.56. The van der Waals surface area contributed by atoms with E-state index in [1.807, 2.05) is 6.92 Å². The Morgan fingerprint density at radius 1 is 1.23 bits per heavy atom. The summed E-state index contributed by atoms with van der Waals surface area (Å²) in [6.45, 7) is 5.47. The first-order chi connectivity index (χ1) is 10.8. The molecule has 1 aromatic rings. The lowest BCUT2D eigenvalue weighted by atomic mass is 10.3. The van der Waals surface area contributed by atoms with Crippen molar-refractivity contribution in [3.63, 3.8) is 0 Å². The standard InChI is InChI=1S/C15H26N4O3/c1-3-21-11-5-4-8-18-15(16-2)19-10-9-17-14(20)13-7-6-12-22-13/h6-7,12H,3-5,8-11H2,1-2H3,(H,17,20)(H2,16,18,19). The van der Waals surface area contributed by atoms with Crippen molar-refractivity contribution in [3.05, 3.63) is 24.2 Å². The molecule has 0 saturated heterocycles. The molecule has 0 atom stereocenters. The quantitative estimate of drug-likeness (QED) is 0.341. The number of carbonyl (C=O) groups excluding carboxylic acids is 1. The molecule has 1 aromatic heterocycles. The largest absolute Gasteiger partial charge is 0.459 e. The number of unbranched alkanes of at least 4 members (excludes halogenated alkanes) is 1. The number of nitrogens with zero attached hydrogens (tertiary/aromatic N) is 1. The van der Waals surface area contributed by atoms with Gasteiger partial charge in [0.1, 0.15) is 0 Å². The smallest absolute Gasteiger partial charge is 0.287 e. The van der Waals surface area contributed by atoms with Crippen LogP contribution in [0.1, 0.15) is 30.3 Å². The third-order valence-electron chi connectivity index (χ3n) is 2.88. The monoisotopic (exact) mass is 310 g/mol. The Morgan fingerprint density at radius 3 is 2.68 bits per heavy atom. The van der Waals surface area contributed by atoms with Crippen LogP contribution in [0.15, 0.2) is 27.8 Å². The highest BCUT2D eigenvalue weighted by atomic mass is 16.5. The number of aliphatic imine (C=N–C) groups is 1. The van der Waals surface area contributed by atoms with Gasteiger partial charge in [-0.05, 0) is 31.9 Å². The zero-order chi connectivity index (χ0) is 16.0. The summed E-state index contributed by atoms with van der Waals surface area (Å²) in [7, 11) is 1.72. The van der Waals surface area contributed by atoms with E-state index in [0.29, 0.717) is 18.8 Å². The topological polar surface area (TPSA) is 87.9 Å². The molecule has 0 aromatic carbocycles. The summed E-state index contributed by atoms with van der Waals surface area (Å²) < 4.78 is 10.3. The third kappa shape index (κ3) is 7.68. The Hall–Kier alpha value is -2.02. The SMILES string of the molecule is CCOCCCCNC(=NC)NCCNC(=O)c1ccco1. The average molecular weight is 310 g/mol. The van der Waals surface area contributed by atoms with Crippen LogP contribution in [-0.4, -0.2) is 51.8 Å². The summed E-state index contributed by atoms with van der Waals surface area (Å²) >= 11 is 0. The van der Waals surface area contributed by atoms with E-state index in [1.54, 1.807) is 19.2 Å². The van der Waals surface area contributed by atoms with Gasteiger partial charge >= 0.3 is 0 Å². The van der Waals surface area contributed by atoms with Crippen molar-refractivity contribution in [3.8, 4) is 0 Å². The summed E-state index contributed by atoms with van der Waals surface area (Å²) in [5.41, 5.74) is 0. The Bertz CT molecular complexity index is 432. The molecule has 124 valence electrons. The van der Waals surface area contributed by atoms with Crippen LogP contribution in [0.2, 0.25) is 0 Å². The van der Waals surface area contributed by atoms with E-state index in [4.69, 9.17) is 9.15 Å². The van der Waals surface area contributed by atoms with Crippen molar-refractivity contribution < 1.29 is 13.9 Å². The van der Waals surface area contributed by atoms with Gasteiger partial charge in [-0.1, -0.05) is 0 Å². The second-order valence-corrected chi connectivity index (χ2v) is 4.56. The van der Waals surface area contributed by atoms with E-state index in [9.17, 15) is 4.79 Å². The lowest BCUT2D eigenvalue weighted by Crippen LogP contribution is -2.41. The molecular formula is C15H26N4O3. The minimum absolute atomic E-state index is 0.217. The van der Waals surface area contributed by atoms with Crippen LogP contribution in [0, 0.1) is 0 Å². The molecule has 0 saturated carbocycles. The molecule has 0 aliphatic heterocycles. The molecule has 1 rings (SSSR count). The lowest BCUT2D eigenvalue weighted by molar-refractivity contribution is 0.0926. The Balaban J connectivity index is 2.05. The lowest BCUT2D eigenvalue weighted by Gasteiger charge is -2.12. The predicted molar refractivity (Wildman–Crippen MR) is 86.1 cm³/mol. The summed E-state index contributed by atoms with van der Waals surface area (Å²) in [6, 6.07) is 3.32. The number of nitrogens with one attached hydrogen (secondary N) is 3. The van der Waals surface area contributed by atoms with Gasteiger partial charge in [0.15, 0.2) is 11.7 Å². The van der Waals surface area contributed by atoms with Crippen molar-refractivity contribution in [1.29, 1.82) is 0 Å². The van der Waals surface area contributed by atoms with Crippen molar-refractivity contribution in [2.45, 2.75) is 19.8 Å². The van der Waals surface area contributed by atoms with Crippen LogP contribution in [0.5, 0.6) is 0 Å². The molecule has 1 amide bonds. The Labute approximate surface area is 131 Å². The maximum Gasteiger partial charge on any atom is 0.287 e. The molecule has 7 heteroatoms. The highest BCUT2D eigenvalue weighted by Crippen LogP contribution is 1.98. The molecule has 7 nitrogen and oxygen atoms in total. The summed E-state index contributed by atoms with van der Waals surface area (Å²) in [5.74, 6) is 0.825. The van der Waals surface area contributed by atoms with Crippen LogP contribution in [-0.2, 0) is 4.74 Å². The number of amides is 1. The maximum absolute atomic E-state index is 11.6. The number of guanidine groups is 1. The van der Waals surface area contributed by atoms with Gasteiger partial charge < -0.3 is 25.1 Å². The number of carbonyl (C=O) groups is 1. The third-order valence-corrected chi connectivity index (χ3v) is 2.88. The van der Waals surface area contributed by atoms with Gasteiger partial charge in [0.2, 0.25) is 0 Å². The number of ether oxygens (including phenoxy) is 1. The summed E-state index contributed by atoms with van der Waals surface area (Å²) in [5, 5.41) is 9.11. The number of rotatable bonds is 10. The number of hydrogen-bond acceptors (Lipinski definition) is 4. The van der Waals surface area contributed by atoms with Crippen LogP contribution in [0.3, 0.4) is 0 Å². The minimum Gasteiger partial charge on any atom is -0.459 e. The molecule has 0 aliphatic rings. The van der Waals surface area contributed by atoms with Crippen LogP contribution >= 0.6 is 0 Å². The van der Waals surface area contributed by atoms with Gasteiger partial charge in [-0.2, -0.15) is 0 Å². The fourth-order valence-electron chi connectivity index (χ4n) is 1.75. The van der Waals surface area contributed by atoms with Gasteiger partial charge in [-0.15, -0.1) is 0 Å². The van der Waals surface area contributed by atoms with E-state index in [2.05, 4.69) is 20.9 Å². The minimum atomic E-state index is -0.217. The van der Waals surface area contributed by atoms with Crippen molar-refractivity contribution in [2.24, 2.45) is 4.99 Å². The predicted octanol–water partition coefficient (Wildman–Crippen LogP) is 0.991. The van der Waals surface area contributed by atoms with E-state index >= 15 is 0 Å². The van der Waals surface area contributed by atoms with E-state index in [0.717, 1.165) is 38.6 Å². The van der Waals surface area contributed by atoms with Gasteiger partial charge in [0.05, 0.1) is 6.26 Å². The van der Waals surface area contributed by atoms with E-state index in [-0.39, 0.29) is 5.91 Å². The highest BCUT2D eigenvalue weighted by molar-refractivity contribution is 5.91. The van der Waals surface area contributed by atoms with Crippen LogP contribution in [0.25, 0.3) is 0 Å². The Kier molecular flexibility index (Phi) is 9.52. The fourth-order valence-corrected chi connectivity index (χ4v) is 1.75. The van der Waals surface area contributed by atoms with E-state index < -0.39 is 0 Å². The molecule has 0 fully saturated rings. The zero-order valence-electron chi connectivity index (χ0n) is 13.4. The molecule has 0 aliphatic carbocycles. The highest BCUT2D eigenvalue weighted by Gasteiger charge is 2.06. The number of furan rings is 1. The normalized spacial score (nSPS) is 11.3. The van der Waals surface area contributed by atoms with Gasteiger partial charge in [-0.3, -0.25) is 9.79 Å². The fraction of sp³-hybridized carbons (Fsp3) is 0.600. The molecule has 0 spiro atoms. The molecule has 0 radical (unpaired) electrons. The van der Waals surface area contributed by atoms with Gasteiger partial charge in [0.25, 0.3) is 5.91 Å². The first-order valence-corrected chi connectivity index (χ1v) is 7.62. The molecule has 3 N–H and O–H groups in total. The van der Waals surface area contributed by atoms with Gasteiger partial charge in [0, 0.05) is 39.9 Å². The van der Waals surface area contributed by atoms with Crippen molar-refractivity contribution >= 4 is 11.9 Å². The molecule has 22 heavy (non-hydrogen) atoms. The number of hydrogen-bond donors (Lipinski definition) is 3. The van der Waals surface area contributed by atoms with Crippen molar-refractivity contribution in [2.75, 3.05) is 39.9 Å². The second kappa shape index (κ2) is 11.6. The Morgan fingerprint density at radius 2 is 2.00 bits per heavy atom. The zero-order valence-corrected chi connectivity index (χ0v) is 13.4. The van der Waals surface area contributed by atoms with Crippen molar-refractivity contribution in [1.82, 2.24) is 16.0 Å². The first kappa shape index (κ1) is 18.0. The molecular weight excluding hydrogens is 284 g/mol. The van der Waals surface area contributed by atoms with Crippen LogP contribution < -0.4 is 16.0 Å². The average Bonchev–Trinajstić information content (AvgIpc) is 3.07. The molecule has 0 unspecified atom stereocenters. The van der Waals surface area contributed by atoms with Gasteiger partial charge in [-0.25, -0.2) is 0 Å². The molecule has 1 heterocycles. The summed E-state index contributed by atoms with van der Waals surface area (Å²) in [6.07, 6.45) is 3.53. The maximum atomic E-state index is 11.6.